The summed E-state index contributed by atoms with van der Waals surface area (Å²) in [7, 11) is 1.54. The molecular weight excluding hydrogens is 398 g/mol. The normalized spacial score (nSPS) is 16.0. The van der Waals surface area contributed by atoms with Crippen molar-refractivity contribution in [2.45, 2.75) is 19.4 Å². The number of carbonyl (C=O) groups excluding carboxylic acids is 3. The van der Waals surface area contributed by atoms with E-state index in [1.165, 1.54) is 12.0 Å². The van der Waals surface area contributed by atoms with Crippen molar-refractivity contribution in [2.24, 2.45) is 0 Å². The van der Waals surface area contributed by atoms with Crippen molar-refractivity contribution >= 4 is 35.1 Å². The fraction of sp³-hybridized carbons (Fsp3) is 0.474. The van der Waals surface area contributed by atoms with Crippen molar-refractivity contribution < 1.29 is 28.6 Å². The summed E-state index contributed by atoms with van der Waals surface area (Å²) in [6.45, 7) is 3.49. The van der Waals surface area contributed by atoms with Gasteiger partial charge in [-0.25, -0.2) is 0 Å². The maximum absolute atomic E-state index is 12.4. The van der Waals surface area contributed by atoms with E-state index in [1.807, 2.05) is 6.92 Å². The molecule has 0 radical (unpaired) electrons. The number of methoxy groups -OCH3 is 1. The summed E-state index contributed by atoms with van der Waals surface area (Å²) in [5, 5.41) is 5.39. The van der Waals surface area contributed by atoms with Gasteiger partial charge in [-0.1, -0.05) is 0 Å². The highest BCUT2D eigenvalue weighted by Crippen LogP contribution is 2.13. The number of hydrogen-bond donors (Lipinski definition) is 2. The number of rotatable bonds is 8. The maximum Gasteiger partial charge on any atom is 0.308 e. The van der Waals surface area contributed by atoms with Crippen molar-refractivity contribution in [3.05, 3.63) is 29.8 Å². The van der Waals surface area contributed by atoms with Gasteiger partial charge in [-0.2, -0.15) is 0 Å². The van der Waals surface area contributed by atoms with Gasteiger partial charge in [-0.3, -0.25) is 19.7 Å². The third-order valence-corrected chi connectivity index (χ3v) is 4.56. The molecule has 1 aliphatic rings. The van der Waals surface area contributed by atoms with Crippen molar-refractivity contribution in [3.8, 4) is 5.75 Å². The van der Waals surface area contributed by atoms with E-state index in [4.69, 9.17) is 26.4 Å². The van der Waals surface area contributed by atoms with Gasteiger partial charge in [0.15, 0.2) is 5.11 Å². The van der Waals surface area contributed by atoms with Crippen molar-refractivity contribution in [2.75, 3.05) is 40.0 Å². The molecule has 0 aliphatic carbocycles. The number of benzene rings is 1. The smallest absolute Gasteiger partial charge is 0.308 e. The third-order valence-electron chi connectivity index (χ3n) is 4.22. The fourth-order valence-corrected chi connectivity index (χ4v) is 3.03. The van der Waals surface area contributed by atoms with Crippen LogP contribution in [0, 0.1) is 0 Å². The fourth-order valence-electron chi connectivity index (χ4n) is 2.72. The van der Waals surface area contributed by atoms with Gasteiger partial charge in [0.05, 0.1) is 20.1 Å². The van der Waals surface area contributed by atoms with Crippen LogP contribution in [0.4, 0.5) is 0 Å². The van der Waals surface area contributed by atoms with Crippen LogP contribution in [-0.4, -0.2) is 73.9 Å². The zero-order valence-corrected chi connectivity index (χ0v) is 17.3. The molecule has 1 unspecified atom stereocenters. The molecule has 0 bridgehead atoms. The number of piperazine rings is 1. The van der Waals surface area contributed by atoms with Gasteiger partial charge < -0.3 is 24.4 Å². The Morgan fingerprint density at radius 1 is 1.28 bits per heavy atom. The van der Waals surface area contributed by atoms with E-state index in [9.17, 15) is 14.4 Å². The third kappa shape index (κ3) is 6.68. The van der Waals surface area contributed by atoms with Gasteiger partial charge >= 0.3 is 5.97 Å². The van der Waals surface area contributed by atoms with E-state index in [1.54, 1.807) is 24.3 Å². The topological polar surface area (TPSA) is 106 Å². The molecule has 0 aromatic heterocycles. The second-order valence-electron chi connectivity index (χ2n) is 6.11. The summed E-state index contributed by atoms with van der Waals surface area (Å²) < 4.78 is 15.3. The van der Waals surface area contributed by atoms with Gasteiger partial charge in [0.25, 0.3) is 5.91 Å². The lowest BCUT2D eigenvalue weighted by atomic mass is 10.1. The van der Waals surface area contributed by atoms with Crippen LogP contribution in [0.15, 0.2) is 24.3 Å². The molecule has 158 valence electrons. The van der Waals surface area contributed by atoms with Crippen molar-refractivity contribution in [3.63, 3.8) is 0 Å². The standard InChI is InChI=1S/C19H25N3O6S/c1-3-27-10-11-28-16(23)12-15-18(25)20-8-9-22(15)19(29)21-17(24)13-4-6-14(26-2)7-5-13/h4-7,15H,3,8-12H2,1-2H3,(H,20,25)(H,21,24,29). The number of hydrogen-bond acceptors (Lipinski definition) is 7. The summed E-state index contributed by atoms with van der Waals surface area (Å²) in [6.07, 6.45) is -0.184. The van der Waals surface area contributed by atoms with E-state index in [0.717, 1.165) is 0 Å². The first-order chi connectivity index (χ1) is 14.0. The Kier molecular flexibility index (Phi) is 8.81. The number of thiocarbonyl (C=S) groups is 1. The van der Waals surface area contributed by atoms with Crippen molar-refractivity contribution in [1.82, 2.24) is 15.5 Å². The first-order valence-corrected chi connectivity index (χ1v) is 9.64. The summed E-state index contributed by atoms with van der Waals surface area (Å²) in [6, 6.07) is 5.67. The molecule has 1 saturated heterocycles. The Labute approximate surface area is 174 Å². The van der Waals surface area contributed by atoms with E-state index >= 15 is 0 Å². The quantitative estimate of drug-likeness (QED) is 0.353. The molecule has 0 saturated carbocycles. The minimum Gasteiger partial charge on any atom is -0.497 e. The second kappa shape index (κ2) is 11.3. The van der Waals surface area contributed by atoms with Crippen LogP contribution in [0.25, 0.3) is 0 Å². The largest absolute Gasteiger partial charge is 0.497 e. The Morgan fingerprint density at radius 3 is 2.66 bits per heavy atom. The van der Waals surface area contributed by atoms with Gasteiger partial charge in [0.1, 0.15) is 18.4 Å². The maximum atomic E-state index is 12.4. The highest BCUT2D eigenvalue weighted by Gasteiger charge is 2.34. The number of nitrogens with one attached hydrogen (secondary N) is 2. The first-order valence-electron chi connectivity index (χ1n) is 9.23. The Morgan fingerprint density at radius 2 is 2.00 bits per heavy atom. The molecule has 2 amide bonds. The molecule has 1 aromatic carbocycles. The molecule has 1 fully saturated rings. The Balaban J connectivity index is 1.97. The summed E-state index contributed by atoms with van der Waals surface area (Å²) in [5.41, 5.74) is 0.390. The molecule has 2 N–H and O–H groups in total. The van der Waals surface area contributed by atoms with Crippen LogP contribution in [0.2, 0.25) is 0 Å². The number of amides is 2. The average Bonchev–Trinajstić information content (AvgIpc) is 2.72. The number of ether oxygens (including phenoxy) is 3. The molecule has 29 heavy (non-hydrogen) atoms. The van der Waals surface area contributed by atoms with Crippen LogP contribution in [0.3, 0.4) is 0 Å². The van der Waals surface area contributed by atoms with Crippen LogP contribution in [0.5, 0.6) is 5.75 Å². The van der Waals surface area contributed by atoms with Crippen LogP contribution >= 0.6 is 12.2 Å². The minimum absolute atomic E-state index is 0.0767. The van der Waals surface area contributed by atoms with E-state index in [0.29, 0.717) is 37.6 Å². The molecule has 1 atom stereocenters. The molecule has 10 heteroatoms. The number of nitrogens with zero attached hydrogens (tertiary/aromatic N) is 1. The predicted molar refractivity (Wildman–Crippen MR) is 109 cm³/mol. The second-order valence-corrected chi connectivity index (χ2v) is 6.50. The molecular formula is C19H25N3O6S. The summed E-state index contributed by atoms with van der Waals surface area (Å²) >= 11 is 5.32. The van der Waals surface area contributed by atoms with E-state index < -0.39 is 17.9 Å². The lowest BCUT2D eigenvalue weighted by molar-refractivity contribution is -0.148. The van der Waals surface area contributed by atoms with Crippen LogP contribution < -0.4 is 15.4 Å². The number of carbonyl (C=O) groups is 3. The lowest BCUT2D eigenvalue weighted by Crippen LogP contribution is -2.60. The summed E-state index contributed by atoms with van der Waals surface area (Å²) in [5.74, 6) is -0.679. The number of esters is 1. The lowest BCUT2D eigenvalue weighted by Gasteiger charge is -2.36. The molecule has 2 rings (SSSR count). The highest BCUT2D eigenvalue weighted by molar-refractivity contribution is 7.80. The SMILES string of the molecule is CCOCCOC(=O)CC1C(=O)NCCN1C(=S)NC(=O)c1ccc(OC)cc1. The van der Waals surface area contributed by atoms with Crippen LogP contribution in [-0.2, 0) is 19.1 Å². The monoisotopic (exact) mass is 423 g/mol. The molecule has 1 aromatic rings. The predicted octanol–water partition coefficient (Wildman–Crippen LogP) is 0.480. The molecule has 0 spiro atoms. The Bertz CT molecular complexity index is 740. The molecule has 9 nitrogen and oxygen atoms in total. The van der Waals surface area contributed by atoms with Crippen LogP contribution in [0.1, 0.15) is 23.7 Å². The molecule has 1 heterocycles. The van der Waals surface area contributed by atoms with Gasteiger partial charge in [0.2, 0.25) is 5.91 Å². The van der Waals surface area contributed by atoms with Crippen molar-refractivity contribution in [1.29, 1.82) is 0 Å². The van der Waals surface area contributed by atoms with Gasteiger partial charge in [0, 0.05) is 25.3 Å². The molecule has 1 aliphatic heterocycles. The van der Waals surface area contributed by atoms with E-state index in [-0.39, 0.29) is 24.0 Å². The van der Waals surface area contributed by atoms with E-state index in [2.05, 4.69) is 10.6 Å². The zero-order chi connectivity index (χ0) is 21.2. The van der Waals surface area contributed by atoms with Gasteiger partial charge in [-0.15, -0.1) is 0 Å². The highest BCUT2D eigenvalue weighted by atomic mass is 32.1. The Hall–Kier alpha value is -2.72. The van der Waals surface area contributed by atoms with Gasteiger partial charge in [-0.05, 0) is 43.4 Å². The first kappa shape index (κ1) is 22.6. The zero-order valence-electron chi connectivity index (χ0n) is 16.4. The summed E-state index contributed by atoms with van der Waals surface area (Å²) in [4.78, 5) is 38.3. The minimum atomic E-state index is -0.855. The average molecular weight is 423 g/mol.